The molecule has 0 bridgehead atoms. The van der Waals surface area contributed by atoms with Crippen LogP contribution in [0, 0.1) is 0 Å². The van der Waals surface area contributed by atoms with Crippen LogP contribution in [0.25, 0.3) is 11.3 Å². The third kappa shape index (κ3) is 4.70. The Labute approximate surface area is 170 Å². The number of halogens is 7. The fraction of sp³-hybridized carbons (Fsp3) is 0.105. The largest absolute Gasteiger partial charge is 0.433 e. The number of amides is 1. The van der Waals surface area contributed by atoms with Gasteiger partial charge in [0.1, 0.15) is 5.69 Å². The number of hydrogen-bond donors (Lipinski definition) is 1. The Morgan fingerprint density at radius 2 is 1.57 bits per heavy atom. The van der Waals surface area contributed by atoms with Gasteiger partial charge in [-0.1, -0.05) is 23.7 Å². The summed E-state index contributed by atoms with van der Waals surface area (Å²) in [6.07, 6.45) is -8.08. The fourth-order valence-corrected chi connectivity index (χ4v) is 2.72. The summed E-state index contributed by atoms with van der Waals surface area (Å²) in [5.41, 5.74) is -2.42. The quantitative estimate of drug-likeness (QED) is 0.392. The van der Waals surface area contributed by atoms with E-state index in [9.17, 15) is 31.1 Å². The number of anilines is 1. The molecular formula is C19H10ClF6N3O. The van der Waals surface area contributed by atoms with Gasteiger partial charge in [0.25, 0.3) is 5.91 Å². The van der Waals surface area contributed by atoms with E-state index in [1.165, 1.54) is 30.5 Å². The van der Waals surface area contributed by atoms with Crippen LogP contribution in [0.15, 0.2) is 54.7 Å². The number of carbonyl (C=O) groups is 1. The van der Waals surface area contributed by atoms with Gasteiger partial charge in [-0.3, -0.25) is 9.78 Å². The molecule has 3 rings (SSSR count). The van der Waals surface area contributed by atoms with Gasteiger partial charge in [0.2, 0.25) is 0 Å². The average molecular weight is 446 g/mol. The van der Waals surface area contributed by atoms with Crippen LogP contribution in [-0.2, 0) is 12.4 Å². The van der Waals surface area contributed by atoms with E-state index in [2.05, 4.69) is 15.3 Å². The fourth-order valence-electron chi connectivity index (χ4n) is 2.52. The second-order valence-electron chi connectivity index (χ2n) is 5.96. The van der Waals surface area contributed by atoms with Gasteiger partial charge in [-0.05, 0) is 36.4 Å². The number of hydrogen-bond acceptors (Lipinski definition) is 3. The molecule has 0 aliphatic heterocycles. The van der Waals surface area contributed by atoms with Crippen molar-refractivity contribution in [2.75, 3.05) is 5.32 Å². The molecule has 0 saturated heterocycles. The second-order valence-corrected chi connectivity index (χ2v) is 6.32. The summed E-state index contributed by atoms with van der Waals surface area (Å²) >= 11 is 5.69. The third-order valence-electron chi connectivity index (χ3n) is 3.92. The number of nitrogens with zero attached hydrogens (tertiary/aromatic N) is 2. The van der Waals surface area contributed by atoms with Crippen LogP contribution in [0.4, 0.5) is 32.0 Å². The normalized spacial score (nSPS) is 12.0. The molecule has 2 aromatic heterocycles. The molecule has 0 radical (unpaired) electrons. The summed E-state index contributed by atoms with van der Waals surface area (Å²) in [5.74, 6) is -0.734. The monoisotopic (exact) mass is 445 g/mol. The van der Waals surface area contributed by atoms with Gasteiger partial charge in [0.15, 0.2) is 5.15 Å². The Morgan fingerprint density at radius 3 is 2.13 bits per heavy atom. The molecule has 4 nitrogen and oxygen atoms in total. The number of benzene rings is 1. The number of pyridine rings is 2. The number of rotatable bonds is 3. The summed E-state index contributed by atoms with van der Waals surface area (Å²) in [4.78, 5) is 19.3. The predicted octanol–water partition coefficient (Wildman–Crippen LogP) is 6.09. The van der Waals surface area contributed by atoms with Crippen molar-refractivity contribution in [2.45, 2.75) is 12.4 Å². The minimum absolute atomic E-state index is 0.0409. The minimum atomic E-state index is -4.69. The molecule has 2 heterocycles. The summed E-state index contributed by atoms with van der Waals surface area (Å²) in [6.45, 7) is 0. The Hall–Kier alpha value is -3.14. The van der Waals surface area contributed by atoms with Gasteiger partial charge >= 0.3 is 12.4 Å². The Bertz CT molecular complexity index is 1080. The van der Waals surface area contributed by atoms with Crippen molar-refractivity contribution in [3.05, 3.63) is 76.7 Å². The maximum Gasteiger partial charge on any atom is 0.433 e. The molecule has 0 atom stereocenters. The lowest BCUT2D eigenvalue weighted by molar-refractivity contribution is -0.141. The van der Waals surface area contributed by atoms with E-state index in [-0.39, 0.29) is 22.5 Å². The zero-order chi connectivity index (χ0) is 22.1. The highest BCUT2D eigenvalue weighted by Gasteiger charge is 2.34. The summed E-state index contributed by atoms with van der Waals surface area (Å²) in [7, 11) is 0. The predicted molar refractivity (Wildman–Crippen MR) is 96.9 cm³/mol. The van der Waals surface area contributed by atoms with E-state index >= 15 is 0 Å². The molecule has 30 heavy (non-hydrogen) atoms. The third-order valence-corrected chi connectivity index (χ3v) is 4.21. The molecule has 1 amide bonds. The van der Waals surface area contributed by atoms with Crippen LogP contribution in [0.1, 0.15) is 21.6 Å². The first-order chi connectivity index (χ1) is 14.0. The zero-order valence-corrected chi connectivity index (χ0v) is 15.4. The van der Waals surface area contributed by atoms with E-state index in [1.807, 2.05) is 0 Å². The van der Waals surface area contributed by atoms with E-state index in [0.29, 0.717) is 6.07 Å². The van der Waals surface area contributed by atoms with Gasteiger partial charge in [0.05, 0.1) is 16.9 Å². The van der Waals surface area contributed by atoms with Crippen molar-refractivity contribution in [1.29, 1.82) is 0 Å². The standard InChI is InChI=1S/C19H10ClF6N3O/c20-16-13(7-8-14(29-16)19(24,25)26)28-17(30)11-5-3-10(4-6-11)15-12(18(21,22)23)2-1-9-27-15/h1-9H,(H,28,30). The van der Waals surface area contributed by atoms with Crippen LogP contribution in [0.3, 0.4) is 0 Å². The summed E-state index contributed by atoms with van der Waals surface area (Å²) in [6, 6.07) is 8.73. The number of carbonyl (C=O) groups excluding carboxylic acids is 1. The van der Waals surface area contributed by atoms with Gasteiger partial charge in [-0.25, -0.2) is 4.98 Å². The van der Waals surface area contributed by atoms with Crippen molar-refractivity contribution in [3.8, 4) is 11.3 Å². The maximum absolute atomic E-state index is 13.1. The molecule has 0 saturated carbocycles. The van der Waals surface area contributed by atoms with Crippen molar-refractivity contribution in [3.63, 3.8) is 0 Å². The molecule has 1 aromatic carbocycles. The van der Waals surface area contributed by atoms with E-state index in [0.717, 1.165) is 18.2 Å². The molecule has 0 spiro atoms. The van der Waals surface area contributed by atoms with Crippen LogP contribution >= 0.6 is 11.6 Å². The average Bonchev–Trinajstić information content (AvgIpc) is 2.68. The smallest absolute Gasteiger partial charge is 0.319 e. The molecular weight excluding hydrogens is 436 g/mol. The van der Waals surface area contributed by atoms with Gasteiger partial charge in [0, 0.05) is 17.3 Å². The first-order valence-electron chi connectivity index (χ1n) is 8.14. The van der Waals surface area contributed by atoms with Crippen molar-refractivity contribution >= 4 is 23.2 Å². The molecule has 1 N–H and O–H groups in total. The second kappa shape index (κ2) is 7.94. The molecule has 11 heteroatoms. The number of alkyl halides is 6. The van der Waals surface area contributed by atoms with E-state index in [4.69, 9.17) is 11.6 Å². The van der Waals surface area contributed by atoms with Crippen LogP contribution in [0.2, 0.25) is 5.15 Å². The summed E-state index contributed by atoms with van der Waals surface area (Å²) < 4.78 is 77.3. The van der Waals surface area contributed by atoms with Crippen LogP contribution in [0.5, 0.6) is 0 Å². The molecule has 0 unspecified atom stereocenters. The van der Waals surface area contributed by atoms with Crippen molar-refractivity contribution < 1.29 is 31.1 Å². The lowest BCUT2D eigenvalue weighted by atomic mass is 10.0. The first-order valence-corrected chi connectivity index (χ1v) is 8.52. The SMILES string of the molecule is O=C(Nc1ccc(C(F)(F)F)nc1Cl)c1ccc(-c2ncccc2C(F)(F)F)cc1. The first kappa shape index (κ1) is 21.6. The summed E-state index contributed by atoms with van der Waals surface area (Å²) in [5, 5.41) is 1.75. The lowest BCUT2D eigenvalue weighted by Gasteiger charge is -2.12. The Balaban J connectivity index is 1.82. The van der Waals surface area contributed by atoms with Gasteiger partial charge in [-0.2, -0.15) is 26.3 Å². The zero-order valence-electron chi connectivity index (χ0n) is 14.6. The Morgan fingerprint density at radius 1 is 0.900 bits per heavy atom. The maximum atomic E-state index is 13.1. The van der Waals surface area contributed by atoms with E-state index < -0.39 is 34.7 Å². The highest BCUT2D eigenvalue weighted by Crippen LogP contribution is 2.36. The molecule has 3 aromatic rings. The van der Waals surface area contributed by atoms with Crippen LogP contribution in [-0.4, -0.2) is 15.9 Å². The topological polar surface area (TPSA) is 54.9 Å². The van der Waals surface area contributed by atoms with Gasteiger partial charge < -0.3 is 5.32 Å². The highest BCUT2D eigenvalue weighted by molar-refractivity contribution is 6.32. The van der Waals surface area contributed by atoms with Crippen LogP contribution < -0.4 is 5.32 Å². The molecule has 156 valence electrons. The van der Waals surface area contributed by atoms with E-state index in [1.54, 1.807) is 0 Å². The van der Waals surface area contributed by atoms with Crippen molar-refractivity contribution in [2.24, 2.45) is 0 Å². The molecule has 0 aliphatic carbocycles. The highest BCUT2D eigenvalue weighted by atomic mass is 35.5. The Kier molecular flexibility index (Phi) is 5.71. The van der Waals surface area contributed by atoms with Crippen molar-refractivity contribution in [1.82, 2.24) is 9.97 Å². The number of aromatic nitrogens is 2. The minimum Gasteiger partial charge on any atom is -0.319 e. The van der Waals surface area contributed by atoms with Gasteiger partial charge in [-0.15, -0.1) is 0 Å². The number of nitrogens with one attached hydrogen (secondary N) is 1. The molecule has 0 fully saturated rings. The molecule has 0 aliphatic rings. The lowest BCUT2D eigenvalue weighted by Crippen LogP contribution is -2.14.